The molecule has 0 radical (unpaired) electrons. The predicted octanol–water partition coefficient (Wildman–Crippen LogP) is -0.106. The fourth-order valence-electron chi connectivity index (χ4n) is 2.27. The zero-order valence-corrected chi connectivity index (χ0v) is 11.7. The number of nitrogens with zero attached hydrogens (tertiary/aromatic N) is 2. The van der Waals surface area contributed by atoms with E-state index in [1.807, 2.05) is 0 Å². The Morgan fingerprint density at radius 2 is 2.15 bits per heavy atom. The van der Waals surface area contributed by atoms with Gasteiger partial charge in [0.05, 0.1) is 0 Å². The molecule has 108 valence electrons. The smallest absolute Gasteiger partial charge is 0.254 e. The van der Waals surface area contributed by atoms with Gasteiger partial charge < -0.3 is 20.2 Å². The Labute approximate surface area is 118 Å². The predicted molar refractivity (Wildman–Crippen MR) is 74.5 cm³/mol. The van der Waals surface area contributed by atoms with Crippen molar-refractivity contribution >= 4 is 11.8 Å². The first-order valence-electron chi connectivity index (χ1n) is 6.52. The molecule has 1 aromatic carbocycles. The van der Waals surface area contributed by atoms with Crippen molar-refractivity contribution in [2.24, 2.45) is 0 Å². The molecule has 0 aliphatic carbocycles. The van der Waals surface area contributed by atoms with Crippen LogP contribution in [0.1, 0.15) is 10.4 Å². The van der Waals surface area contributed by atoms with Crippen LogP contribution in [-0.4, -0.2) is 66.5 Å². The summed E-state index contributed by atoms with van der Waals surface area (Å²) in [7, 11) is 3.35. The van der Waals surface area contributed by atoms with Gasteiger partial charge in [-0.05, 0) is 18.2 Å². The molecule has 1 aliphatic rings. The second kappa shape index (κ2) is 5.92. The number of carbonyl (C=O) groups is 2. The Morgan fingerprint density at radius 1 is 1.40 bits per heavy atom. The SMILES string of the molecule is CN(C)C(=O)C1CNCCN1C(=O)c1cccc(O)c1. The minimum Gasteiger partial charge on any atom is -0.508 e. The van der Waals surface area contributed by atoms with Gasteiger partial charge in [0.15, 0.2) is 0 Å². The molecule has 0 bridgehead atoms. The lowest BCUT2D eigenvalue weighted by Crippen LogP contribution is -2.59. The van der Waals surface area contributed by atoms with Crippen LogP contribution in [0.15, 0.2) is 24.3 Å². The first kappa shape index (κ1) is 14.3. The molecule has 2 N–H and O–H groups in total. The van der Waals surface area contributed by atoms with E-state index in [-0.39, 0.29) is 17.6 Å². The summed E-state index contributed by atoms with van der Waals surface area (Å²) in [4.78, 5) is 27.7. The highest BCUT2D eigenvalue weighted by atomic mass is 16.3. The third-order valence-corrected chi connectivity index (χ3v) is 3.32. The number of carbonyl (C=O) groups excluding carboxylic acids is 2. The van der Waals surface area contributed by atoms with Gasteiger partial charge in [-0.3, -0.25) is 9.59 Å². The molecule has 2 rings (SSSR count). The molecule has 2 amide bonds. The first-order chi connectivity index (χ1) is 9.50. The van der Waals surface area contributed by atoms with Crippen LogP contribution in [-0.2, 0) is 4.79 Å². The largest absolute Gasteiger partial charge is 0.508 e. The summed E-state index contributed by atoms with van der Waals surface area (Å²) in [6.07, 6.45) is 0. The maximum Gasteiger partial charge on any atom is 0.254 e. The average molecular weight is 277 g/mol. The van der Waals surface area contributed by atoms with Gasteiger partial charge in [-0.15, -0.1) is 0 Å². The second-order valence-corrected chi connectivity index (χ2v) is 5.00. The number of hydrogen-bond acceptors (Lipinski definition) is 4. The number of piperazine rings is 1. The van der Waals surface area contributed by atoms with Gasteiger partial charge in [0.1, 0.15) is 11.8 Å². The number of phenols is 1. The zero-order valence-electron chi connectivity index (χ0n) is 11.7. The van der Waals surface area contributed by atoms with Crippen LogP contribution in [0.2, 0.25) is 0 Å². The van der Waals surface area contributed by atoms with Crippen molar-refractivity contribution in [3.63, 3.8) is 0 Å². The fourth-order valence-corrected chi connectivity index (χ4v) is 2.27. The number of amides is 2. The first-order valence-corrected chi connectivity index (χ1v) is 6.52. The molecular formula is C14H19N3O3. The quantitative estimate of drug-likeness (QED) is 0.791. The molecule has 0 aromatic heterocycles. The summed E-state index contributed by atoms with van der Waals surface area (Å²) in [6.45, 7) is 1.57. The highest BCUT2D eigenvalue weighted by Gasteiger charge is 2.33. The molecule has 6 nitrogen and oxygen atoms in total. The zero-order chi connectivity index (χ0) is 14.7. The summed E-state index contributed by atoms with van der Waals surface area (Å²) in [5.74, 6) is -0.297. The van der Waals surface area contributed by atoms with E-state index in [0.29, 0.717) is 25.2 Å². The number of rotatable bonds is 2. The van der Waals surface area contributed by atoms with Crippen molar-refractivity contribution < 1.29 is 14.7 Å². The van der Waals surface area contributed by atoms with Gasteiger partial charge in [-0.2, -0.15) is 0 Å². The molecule has 0 saturated carbocycles. The van der Waals surface area contributed by atoms with Crippen molar-refractivity contribution in [2.75, 3.05) is 33.7 Å². The lowest BCUT2D eigenvalue weighted by Gasteiger charge is -2.36. The van der Waals surface area contributed by atoms with Crippen molar-refractivity contribution in [1.82, 2.24) is 15.1 Å². The van der Waals surface area contributed by atoms with Gasteiger partial charge in [0.25, 0.3) is 5.91 Å². The van der Waals surface area contributed by atoms with Gasteiger partial charge in [-0.1, -0.05) is 6.07 Å². The summed E-state index contributed by atoms with van der Waals surface area (Å²) < 4.78 is 0. The number of hydrogen-bond donors (Lipinski definition) is 2. The third kappa shape index (κ3) is 2.91. The molecular weight excluding hydrogens is 258 g/mol. The Balaban J connectivity index is 2.23. The van der Waals surface area contributed by atoms with Crippen LogP contribution >= 0.6 is 0 Å². The molecule has 6 heteroatoms. The van der Waals surface area contributed by atoms with Crippen LogP contribution in [0.25, 0.3) is 0 Å². The van der Waals surface area contributed by atoms with E-state index in [1.165, 1.54) is 17.0 Å². The van der Waals surface area contributed by atoms with E-state index in [1.54, 1.807) is 31.1 Å². The van der Waals surface area contributed by atoms with Crippen LogP contribution in [0.5, 0.6) is 5.75 Å². The van der Waals surface area contributed by atoms with Gasteiger partial charge in [0.2, 0.25) is 5.91 Å². The van der Waals surface area contributed by atoms with Crippen LogP contribution in [0, 0.1) is 0 Å². The number of likely N-dealkylation sites (N-methyl/N-ethyl adjacent to an activating group) is 1. The van der Waals surface area contributed by atoms with Crippen molar-refractivity contribution in [1.29, 1.82) is 0 Å². The van der Waals surface area contributed by atoms with E-state index < -0.39 is 6.04 Å². The minimum atomic E-state index is -0.506. The highest BCUT2D eigenvalue weighted by molar-refractivity contribution is 5.98. The molecule has 1 saturated heterocycles. The molecule has 1 atom stereocenters. The Morgan fingerprint density at radius 3 is 2.80 bits per heavy atom. The Kier molecular flexibility index (Phi) is 4.24. The average Bonchev–Trinajstić information content (AvgIpc) is 2.45. The number of nitrogens with one attached hydrogen (secondary N) is 1. The van der Waals surface area contributed by atoms with E-state index >= 15 is 0 Å². The Hall–Kier alpha value is -2.08. The van der Waals surface area contributed by atoms with E-state index in [2.05, 4.69) is 5.32 Å². The van der Waals surface area contributed by atoms with Crippen molar-refractivity contribution in [2.45, 2.75) is 6.04 Å². The van der Waals surface area contributed by atoms with Crippen LogP contribution < -0.4 is 5.32 Å². The molecule has 1 unspecified atom stereocenters. The van der Waals surface area contributed by atoms with E-state index in [9.17, 15) is 14.7 Å². The van der Waals surface area contributed by atoms with Crippen molar-refractivity contribution in [3.8, 4) is 5.75 Å². The number of benzene rings is 1. The molecule has 1 aromatic rings. The van der Waals surface area contributed by atoms with Crippen LogP contribution in [0.3, 0.4) is 0 Å². The maximum absolute atomic E-state index is 12.5. The van der Waals surface area contributed by atoms with Gasteiger partial charge in [-0.25, -0.2) is 0 Å². The minimum absolute atomic E-state index is 0.0430. The van der Waals surface area contributed by atoms with Gasteiger partial charge >= 0.3 is 0 Å². The standard InChI is InChI=1S/C14H19N3O3/c1-16(2)14(20)12-9-15-6-7-17(12)13(19)10-4-3-5-11(18)8-10/h3-5,8,12,15,18H,6-7,9H2,1-2H3. The Bertz CT molecular complexity index is 516. The van der Waals surface area contributed by atoms with E-state index in [0.717, 1.165) is 0 Å². The highest BCUT2D eigenvalue weighted by Crippen LogP contribution is 2.16. The fraction of sp³-hybridized carbons (Fsp3) is 0.429. The molecule has 20 heavy (non-hydrogen) atoms. The number of phenolic OH excluding ortho intramolecular Hbond substituents is 1. The van der Waals surface area contributed by atoms with Gasteiger partial charge in [0, 0.05) is 39.3 Å². The summed E-state index contributed by atoms with van der Waals surface area (Å²) in [6, 6.07) is 5.68. The summed E-state index contributed by atoms with van der Waals surface area (Å²) >= 11 is 0. The summed E-state index contributed by atoms with van der Waals surface area (Å²) in [5.41, 5.74) is 0.392. The number of aromatic hydroxyl groups is 1. The van der Waals surface area contributed by atoms with E-state index in [4.69, 9.17) is 0 Å². The maximum atomic E-state index is 12.5. The molecule has 0 spiro atoms. The molecule has 1 heterocycles. The third-order valence-electron chi connectivity index (χ3n) is 3.32. The lowest BCUT2D eigenvalue weighted by molar-refractivity contribution is -0.134. The lowest BCUT2D eigenvalue weighted by atomic mass is 10.1. The molecule has 1 fully saturated rings. The summed E-state index contributed by atoms with van der Waals surface area (Å²) in [5, 5.41) is 12.6. The molecule has 1 aliphatic heterocycles. The monoisotopic (exact) mass is 277 g/mol. The topological polar surface area (TPSA) is 72.9 Å². The second-order valence-electron chi connectivity index (χ2n) is 5.00. The normalized spacial score (nSPS) is 18.7. The van der Waals surface area contributed by atoms with Crippen LogP contribution in [0.4, 0.5) is 0 Å². The van der Waals surface area contributed by atoms with Crippen molar-refractivity contribution in [3.05, 3.63) is 29.8 Å².